The summed E-state index contributed by atoms with van der Waals surface area (Å²) < 4.78 is 11.0. The number of carbonyl (C=O) groups is 2. The number of Topliss-reactive ketones (excluding diaryl/α,β-unsaturated/α-hetero) is 1. The van der Waals surface area contributed by atoms with Crippen molar-refractivity contribution in [3.63, 3.8) is 0 Å². The Bertz CT molecular complexity index is 1010. The monoisotopic (exact) mass is 395 g/mol. The second-order valence-corrected chi connectivity index (χ2v) is 7.52. The highest BCUT2D eigenvalue weighted by Gasteiger charge is 2.17. The van der Waals surface area contributed by atoms with Crippen molar-refractivity contribution in [2.24, 2.45) is 0 Å². The topological polar surface area (TPSA) is 65.5 Å². The summed E-state index contributed by atoms with van der Waals surface area (Å²) in [5.74, 6) is -0.428. The number of aromatic nitrogens is 1. The third-order valence-electron chi connectivity index (χ3n) is 4.17. The van der Waals surface area contributed by atoms with E-state index in [0.717, 1.165) is 21.8 Å². The Morgan fingerprint density at radius 3 is 2.54 bits per heavy atom. The molecule has 2 aromatic carbocycles. The summed E-state index contributed by atoms with van der Waals surface area (Å²) in [5.41, 5.74) is 3.58. The molecule has 0 atom stereocenters. The average Bonchev–Trinajstić information content (AvgIpc) is 3.09. The maximum Gasteiger partial charge on any atom is 0.342 e. The third-order valence-corrected chi connectivity index (χ3v) is 4.99. The smallest absolute Gasteiger partial charge is 0.342 e. The molecule has 0 aliphatic carbocycles. The lowest BCUT2D eigenvalue weighted by molar-refractivity contribution is 0.0470. The highest BCUT2D eigenvalue weighted by atomic mass is 32.1. The number of benzene rings is 2. The molecule has 0 saturated carbocycles. The first kappa shape index (κ1) is 19.8. The van der Waals surface area contributed by atoms with Crippen molar-refractivity contribution < 1.29 is 19.1 Å². The highest BCUT2D eigenvalue weighted by Crippen LogP contribution is 2.21. The maximum absolute atomic E-state index is 12.5. The van der Waals surface area contributed by atoms with Gasteiger partial charge in [-0.2, -0.15) is 0 Å². The van der Waals surface area contributed by atoms with Gasteiger partial charge in [0.15, 0.2) is 6.61 Å². The Kier molecular flexibility index (Phi) is 6.21. The summed E-state index contributed by atoms with van der Waals surface area (Å²) in [6.45, 7) is 5.70. The lowest BCUT2D eigenvalue weighted by Crippen LogP contribution is -2.16. The number of aryl methyl sites for hydroxylation is 3. The normalized spacial score (nSPS) is 10.5. The van der Waals surface area contributed by atoms with Crippen molar-refractivity contribution in [1.82, 2.24) is 4.98 Å². The molecular weight excluding hydrogens is 374 g/mol. The Morgan fingerprint density at radius 1 is 1.04 bits per heavy atom. The van der Waals surface area contributed by atoms with Crippen LogP contribution < -0.4 is 4.74 Å². The van der Waals surface area contributed by atoms with Gasteiger partial charge in [-0.05, 0) is 38.5 Å². The second-order valence-electron chi connectivity index (χ2n) is 6.46. The first-order valence-corrected chi connectivity index (χ1v) is 9.72. The lowest BCUT2D eigenvalue weighted by Gasteiger charge is -2.11. The average molecular weight is 395 g/mol. The van der Waals surface area contributed by atoms with Gasteiger partial charge < -0.3 is 9.47 Å². The van der Waals surface area contributed by atoms with Crippen LogP contribution >= 0.6 is 11.3 Å². The number of carbonyl (C=O) groups excluding carboxylic acids is 2. The number of para-hydroxylation sites is 1. The lowest BCUT2D eigenvalue weighted by atomic mass is 10.0. The molecular formula is C22H21NO4S. The number of hydrogen-bond acceptors (Lipinski definition) is 6. The first-order chi connectivity index (χ1) is 13.4. The molecule has 0 amide bonds. The SMILES string of the molecule is Cc1ccc(C(=O)COC(=O)c2ccccc2OCc2csc(C)n2)c(C)c1. The van der Waals surface area contributed by atoms with Gasteiger partial charge >= 0.3 is 5.97 Å². The van der Waals surface area contributed by atoms with E-state index in [4.69, 9.17) is 9.47 Å². The van der Waals surface area contributed by atoms with Gasteiger partial charge in [0.1, 0.15) is 17.9 Å². The number of ketones is 1. The van der Waals surface area contributed by atoms with E-state index in [9.17, 15) is 9.59 Å². The van der Waals surface area contributed by atoms with Gasteiger partial charge in [-0.3, -0.25) is 4.79 Å². The quantitative estimate of drug-likeness (QED) is 0.429. The van der Waals surface area contributed by atoms with E-state index in [0.29, 0.717) is 11.3 Å². The van der Waals surface area contributed by atoms with Gasteiger partial charge in [0.05, 0.1) is 10.7 Å². The molecule has 0 fully saturated rings. The van der Waals surface area contributed by atoms with Crippen molar-refractivity contribution in [3.05, 3.63) is 80.8 Å². The number of ether oxygens (including phenoxy) is 2. The Hall–Kier alpha value is -2.99. The van der Waals surface area contributed by atoms with Crippen LogP contribution in [0.25, 0.3) is 0 Å². The molecule has 0 spiro atoms. The minimum atomic E-state index is -0.594. The zero-order valence-corrected chi connectivity index (χ0v) is 16.8. The van der Waals surface area contributed by atoms with E-state index in [1.54, 1.807) is 41.7 Å². The number of thiazole rings is 1. The summed E-state index contributed by atoms with van der Waals surface area (Å²) in [7, 11) is 0. The maximum atomic E-state index is 12.5. The summed E-state index contributed by atoms with van der Waals surface area (Å²) in [6, 6.07) is 12.4. The molecule has 1 heterocycles. The van der Waals surface area contributed by atoms with E-state index < -0.39 is 5.97 Å². The van der Waals surface area contributed by atoms with E-state index >= 15 is 0 Å². The first-order valence-electron chi connectivity index (χ1n) is 8.84. The van der Waals surface area contributed by atoms with Crippen molar-refractivity contribution in [1.29, 1.82) is 0 Å². The van der Waals surface area contributed by atoms with Gasteiger partial charge in [0.25, 0.3) is 0 Å². The molecule has 5 nitrogen and oxygen atoms in total. The largest absolute Gasteiger partial charge is 0.486 e. The number of nitrogens with zero attached hydrogens (tertiary/aromatic N) is 1. The molecule has 1 aromatic heterocycles. The Balaban J connectivity index is 1.64. The van der Waals surface area contributed by atoms with Crippen LogP contribution in [0.5, 0.6) is 5.75 Å². The predicted octanol–water partition coefficient (Wildman–Crippen LogP) is 4.69. The van der Waals surface area contributed by atoms with Crippen LogP contribution in [-0.2, 0) is 11.3 Å². The second kappa shape index (κ2) is 8.80. The summed E-state index contributed by atoms with van der Waals surface area (Å²) >= 11 is 1.54. The molecule has 0 aliphatic rings. The van der Waals surface area contributed by atoms with Crippen molar-refractivity contribution >= 4 is 23.1 Å². The fourth-order valence-electron chi connectivity index (χ4n) is 2.80. The van der Waals surface area contributed by atoms with Crippen LogP contribution in [0.2, 0.25) is 0 Å². The molecule has 28 heavy (non-hydrogen) atoms. The molecule has 0 aliphatic heterocycles. The van der Waals surface area contributed by atoms with Crippen LogP contribution in [0.1, 0.15) is 42.5 Å². The van der Waals surface area contributed by atoms with Gasteiger partial charge in [-0.15, -0.1) is 11.3 Å². The standard InChI is InChI=1S/C22H21NO4S/c1-14-8-9-18(15(2)10-14)20(24)12-27-22(25)19-6-4-5-7-21(19)26-11-17-13-28-16(3)23-17/h4-10,13H,11-12H2,1-3H3. The number of hydrogen-bond donors (Lipinski definition) is 0. The van der Waals surface area contributed by atoms with E-state index in [1.807, 2.05) is 38.3 Å². The third kappa shape index (κ3) is 4.84. The van der Waals surface area contributed by atoms with Crippen molar-refractivity contribution in [2.75, 3.05) is 6.61 Å². The van der Waals surface area contributed by atoms with E-state index in [2.05, 4.69) is 4.98 Å². The van der Waals surface area contributed by atoms with Crippen LogP contribution in [0.3, 0.4) is 0 Å². The number of esters is 1. The molecule has 3 aromatic rings. The Labute approximate surface area is 168 Å². The Morgan fingerprint density at radius 2 is 1.82 bits per heavy atom. The molecule has 0 saturated heterocycles. The van der Waals surface area contributed by atoms with Crippen LogP contribution in [0.4, 0.5) is 0 Å². The number of rotatable bonds is 7. The van der Waals surface area contributed by atoms with Crippen LogP contribution in [0, 0.1) is 20.8 Å². The molecule has 3 rings (SSSR count). The van der Waals surface area contributed by atoms with E-state index in [-0.39, 0.29) is 24.6 Å². The van der Waals surface area contributed by atoms with Gasteiger partial charge in [-0.25, -0.2) is 9.78 Å². The minimum Gasteiger partial charge on any atom is -0.486 e. The molecule has 0 N–H and O–H groups in total. The van der Waals surface area contributed by atoms with E-state index in [1.165, 1.54) is 0 Å². The summed E-state index contributed by atoms with van der Waals surface area (Å²) in [6.07, 6.45) is 0. The van der Waals surface area contributed by atoms with Gasteiger partial charge in [0.2, 0.25) is 5.78 Å². The molecule has 0 radical (unpaired) electrons. The minimum absolute atomic E-state index is 0.234. The van der Waals surface area contributed by atoms with Gasteiger partial charge in [-0.1, -0.05) is 35.9 Å². The predicted molar refractivity (Wildman–Crippen MR) is 108 cm³/mol. The summed E-state index contributed by atoms with van der Waals surface area (Å²) in [4.78, 5) is 29.2. The molecule has 144 valence electrons. The highest BCUT2D eigenvalue weighted by molar-refractivity contribution is 7.09. The van der Waals surface area contributed by atoms with Crippen molar-refractivity contribution in [3.8, 4) is 5.75 Å². The summed E-state index contributed by atoms with van der Waals surface area (Å²) in [5, 5.41) is 2.87. The molecule has 0 unspecified atom stereocenters. The van der Waals surface area contributed by atoms with Crippen molar-refractivity contribution in [2.45, 2.75) is 27.4 Å². The molecule has 6 heteroatoms. The fraction of sp³-hybridized carbons (Fsp3) is 0.227. The molecule has 0 bridgehead atoms. The van der Waals surface area contributed by atoms with Crippen LogP contribution in [-0.4, -0.2) is 23.3 Å². The van der Waals surface area contributed by atoms with Crippen LogP contribution in [0.15, 0.2) is 47.8 Å². The fourth-order valence-corrected chi connectivity index (χ4v) is 3.40. The van der Waals surface area contributed by atoms with Gasteiger partial charge in [0, 0.05) is 10.9 Å². The zero-order chi connectivity index (χ0) is 20.1. The zero-order valence-electron chi connectivity index (χ0n) is 16.0.